The quantitative estimate of drug-likeness (QED) is 0.175. The minimum atomic E-state index is 0.957. The molecule has 0 fully saturated rings. The van der Waals surface area contributed by atoms with Crippen molar-refractivity contribution < 1.29 is 0 Å². The zero-order valence-corrected chi connectivity index (χ0v) is 69.2. The summed E-state index contributed by atoms with van der Waals surface area (Å²) in [7, 11) is 19.8. The highest BCUT2D eigenvalue weighted by Crippen LogP contribution is 2.40. The minimum Gasteiger partial charge on any atom is -0.357 e. The maximum Gasteiger partial charge on any atom is 0.0772 e. The van der Waals surface area contributed by atoms with Crippen molar-refractivity contribution in [1.29, 1.82) is 0 Å². The van der Waals surface area contributed by atoms with Gasteiger partial charge in [0.05, 0.1) is 32.5 Å². The van der Waals surface area contributed by atoms with E-state index in [0.29, 0.717) is 0 Å². The van der Waals surface area contributed by atoms with E-state index in [-0.39, 0.29) is 0 Å². The monoisotopic (exact) mass is 1500 g/mol. The molecule has 0 bridgehead atoms. The molecular weight excluding hydrogens is 1390 g/mol. The van der Waals surface area contributed by atoms with Crippen LogP contribution in [0.25, 0.3) is 77.3 Å². The second-order valence-corrected chi connectivity index (χ2v) is 33.1. The number of benzene rings is 5. The Morgan fingerprint density at radius 1 is 0.446 bits per heavy atom. The number of H-pyrrole nitrogens is 1. The summed E-state index contributed by atoms with van der Waals surface area (Å²) in [5, 5.41) is 8.94. The molecule has 5 aliphatic rings. The predicted molar refractivity (Wildman–Crippen MR) is 468 cm³/mol. The molecule has 0 aliphatic carbocycles. The van der Waals surface area contributed by atoms with Gasteiger partial charge in [-0.1, -0.05) is 35.7 Å². The molecule has 0 atom stereocenters. The lowest BCUT2D eigenvalue weighted by molar-refractivity contribution is 0.310. The highest BCUT2D eigenvalue weighted by Gasteiger charge is 2.28. The van der Waals surface area contributed by atoms with E-state index in [1.807, 2.05) is 56.1 Å². The molecule has 14 heteroatoms. The van der Waals surface area contributed by atoms with Crippen molar-refractivity contribution in [1.82, 2.24) is 62.7 Å². The third-order valence-corrected chi connectivity index (χ3v) is 24.3. The van der Waals surface area contributed by atoms with Crippen LogP contribution in [0, 0.1) is 77.6 Å². The molecule has 9 aromatic heterocycles. The highest BCUT2D eigenvalue weighted by atomic mass is 32.1. The zero-order chi connectivity index (χ0) is 78.3. The molecule has 14 heterocycles. The fourth-order valence-electron chi connectivity index (χ4n) is 17.9. The number of thiophene rings is 1. The average Bonchev–Trinajstić information content (AvgIpc) is 1.63. The van der Waals surface area contributed by atoms with Crippen molar-refractivity contribution in [2.24, 2.45) is 28.2 Å². The number of hydrogen-bond donors (Lipinski definition) is 1. The van der Waals surface area contributed by atoms with Gasteiger partial charge < -0.3 is 47.8 Å². The first-order valence-corrected chi connectivity index (χ1v) is 40.4. The fourth-order valence-corrected chi connectivity index (χ4v) is 18.5. The van der Waals surface area contributed by atoms with Crippen molar-refractivity contribution in [3.63, 3.8) is 0 Å². The molecule has 112 heavy (non-hydrogen) atoms. The Morgan fingerprint density at radius 3 is 1.42 bits per heavy atom. The smallest absolute Gasteiger partial charge is 0.0772 e. The molecule has 0 saturated heterocycles. The molecule has 5 aliphatic heterocycles. The summed E-state index contributed by atoms with van der Waals surface area (Å²) in [5.41, 5.74) is 39.1. The van der Waals surface area contributed by atoms with Gasteiger partial charge in [-0.25, -0.2) is 0 Å². The van der Waals surface area contributed by atoms with E-state index < -0.39 is 0 Å². The van der Waals surface area contributed by atoms with Gasteiger partial charge in [-0.05, 0) is 276 Å². The number of allylic oxidation sites excluding steroid dienone is 1. The Hall–Kier alpha value is -10.8. The largest absolute Gasteiger partial charge is 0.357 e. The number of likely N-dealkylation sites (N-methyl/N-ethyl adjacent to an activating group) is 5. The molecule has 1 N–H and O–H groups in total. The van der Waals surface area contributed by atoms with Gasteiger partial charge in [-0.2, -0.15) is 0 Å². The number of aromatic nitrogens is 8. The topological polar surface area (TPSA) is 90.4 Å². The Balaban J connectivity index is 0.000000111. The lowest BCUT2D eigenvalue weighted by Gasteiger charge is -2.23. The van der Waals surface area contributed by atoms with Gasteiger partial charge in [0.15, 0.2) is 0 Å². The SMILES string of the molecule is C#Cc1cc(C)cc2c3c(n(C)c12)CCN(C)C3.C/C(=C\c1cc(C)cc2c3c(n(C)c12)CCN(C)C3)c1ccncc1.Cc1cc(-c2ccncc2)c2c(c1)c1c(n2C)CCN(C)C1.Cc1cc(C#Cc2ccc(C)nc2)c2c(c1)c1c(n2C)CCN(C)C1.Cc1cc(C#Cc2cccs2)c2[nH]c3c(c2c1)CN(C)CC3. The van der Waals surface area contributed by atoms with Gasteiger partial charge in [-0.3, -0.25) is 15.0 Å². The normalized spacial score (nSPS) is 15.0. The van der Waals surface area contributed by atoms with E-state index in [9.17, 15) is 0 Å². The van der Waals surface area contributed by atoms with Crippen molar-refractivity contribution in [3.8, 4) is 47.2 Å². The van der Waals surface area contributed by atoms with E-state index in [2.05, 4.69) is 300 Å². The number of nitrogens with one attached hydrogen (secondary N) is 1. The molecule has 568 valence electrons. The molecule has 13 nitrogen and oxygen atoms in total. The number of fused-ring (bicyclic) bond motifs is 15. The van der Waals surface area contributed by atoms with E-state index in [1.54, 1.807) is 11.3 Å². The van der Waals surface area contributed by atoms with Crippen LogP contribution in [0.4, 0.5) is 0 Å². The fraction of sp³-hybridized carbons (Fsp3) is 0.316. The van der Waals surface area contributed by atoms with Crippen LogP contribution >= 0.6 is 11.3 Å². The Morgan fingerprint density at radius 2 is 0.893 bits per heavy atom. The lowest BCUT2D eigenvalue weighted by Crippen LogP contribution is -2.26. The van der Waals surface area contributed by atoms with E-state index in [0.717, 1.165) is 130 Å². The Kier molecular flexibility index (Phi) is 22.2. The third-order valence-electron chi connectivity index (χ3n) is 23.5. The molecule has 14 aromatic rings. The summed E-state index contributed by atoms with van der Waals surface area (Å²) in [5.74, 6) is 16.2. The molecule has 0 unspecified atom stereocenters. The lowest BCUT2D eigenvalue weighted by atomic mass is 9.98. The van der Waals surface area contributed by atoms with Crippen LogP contribution in [-0.2, 0) is 93.0 Å². The first kappa shape index (κ1) is 76.5. The second-order valence-electron chi connectivity index (χ2n) is 32.2. The highest BCUT2D eigenvalue weighted by molar-refractivity contribution is 7.10. The first-order valence-electron chi connectivity index (χ1n) is 39.5. The van der Waals surface area contributed by atoms with Crippen LogP contribution in [0.5, 0.6) is 0 Å². The van der Waals surface area contributed by atoms with Crippen LogP contribution in [0.1, 0.15) is 135 Å². The van der Waals surface area contributed by atoms with E-state index in [4.69, 9.17) is 6.42 Å². The number of nitrogens with zero attached hydrogens (tertiary/aromatic N) is 12. The summed E-state index contributed by atoms with van der Waals surface area (Å²) >= 11 is 1.69. The van der Waals surface area contributed by atoms with Gasteiger partial charge in [0.25, 0.3) is 0 Å². The van der Waals surface area contributed by atoms with Gasteiger partial charge in [0, 0.05) is 246 Å². The molecule has 0 spiro atoms. The zero-order valence-electron chi connectivity index (χ0n) is 68.4. The second kappa shape index (κ2) is 32.5. The summed E-state index contributed by atoms with van der Waals surface area (Å²) in [6, 6.07) is 39.2. The number of rotatable bonds is 3. The standard InChI is InChI=1S/C22H25N3.C22H23N3.C19H21N3.C19H18N2S.C16H18N2/c1-15-11-18(13-16(2)17-5-8-23-9-6-17)22-19(12-15)20-14-24(3)10-7-21(20)25(22)4;1-15-11-18(8-7-17-6-5-16(2)23-13-17)22-19(12-15)20-14-24(3)10-9-21(20)25(22)4;1-13-10-15(14-4-7-20-8-5-14)19-16(11-13)17-12-21(2)9-6-18(17)22(19)3;1-13-10-14(5-6-15-4-3-9-22-15)19-16(11-13)17-12-21(2)8-7-18(17)20-19;1-5-12-8-11(2)9-13-14-10-17(3)7-6-15(14)18(4)16(12)13/h5-6,8-9,11-13H,7,10,14H2,1-4H3;5-6,11-13H,9-10,14H2,1-4H3;4-5,7-8,10-11H,6,9,12H2,1-3H3;3-4,9-11,20H,7-8,12H2,1-2H3;1,8-9H,6-7,10H2,2-4H3/b16-13+;;;;. The average molecular weight is 1500 g/mol. The number of aromatic amines is 1. The van der Waals surface area contributed by atoms with Gasteiger partial charge in [-0.15, -0.1) is 17.8 Å². The third kappa shape index (κ3) is 15.6. The summed E-state index contributed by atoms with van der Waals surface area (Å²) in [4.78, 5) is 29.4. The molecule has 0 radical (unpaired) electrons. The maximum absolute atomic E-state index is 5.67. The number of terminal acetylenes is 1. The molecule has 5 aromatic carbocycles. The van der Waals surface area contributed by atoms with Gasteiger partial charge in [0.2, 0.25) is 0 Å². The van der Waals surface area contributed by atoms with Crippen LogP contribution in [0.2, 0.25) is 0 Å². The van der Waals surface area contributed by atoms with Gasteiger partial charge in [0.1, 0.15) is 0 Å². The van der Waals surface area contributed by atoms with Crippen LogP contribution in [0.3, 0.4) is 0 Å². The van der Waals surface area contributed by atoms with Crippen LogP contribution in [0.15, 0.2) is 146 Å². The molecule has 0 amide bonds. The van der Waals surface area contributed by atoms with E-state index >= 15 is 0 Å². The summed E-state index contributed by atoms with van der Waals surface area (Å²) in [6.07, 6.45) is 22.9. The van der Waals surface area contributed by atoms with Crippen molar-refractivity contribution in [2.45, 2.75) is 113 Å². The van der Waals surface area contributed by atoms with Crippen molar-refractivity contribution >= 4 is 77.5 Å². The molecular formula is C98H105N13S. The Labute approximate surface area is 666 Å². The van der Waals surface area contributed by atoms with Crippen molar-refractivity contribution in [3.05, 3.63) is 274 Å². The van der Waals surface area contributed by atoms with Crippen molar-refractivity contribution in [2.75, 3.05) is 68.0 Å². The number of pyridine rings is 3. The van der Waals surface area contributed by atoms with Crippen LogP contribution in [-0.4, -0.2) is 131 Å². The number of aryl methyl sites for hydroxylation is 10. The molecule has 19 rings (SSSR count). The minimum absolute atomic E-state index is 0.957. The Bertz CT molecular complexity index is 6120. The van der Waals surface area contributed by atoms with E-state index in [1.165, 1.54) is 166 Å². The number of hydrogen-bond acceptors (Lipinski definition) is 9. The predicted octanol–water partition coefficient (Wildman–Crippen LogP) is 17.9. The van der Waals surface area contributed by atoms with Crippen LogP contribution < -0.4 is 0 Å². The maximum atomic E-state index is 5.67. The van der Waals surface area contributed by atoms with Gasteiger partial charge >= 0.3 is 0 Å². The summed E-state index contributed by atoms with van der Waals surface area (Å²) in [6.45, 7) is 25.8. The molecule has 0 saturated carbocycles. The summed E-state index contributed by atoms with van der Waals surface area (Å²) < 4.78 is 9.48. The first-order chi connectivity index (χ1) is 54.0.